The van der Waals surface area contributed by atoms with Crippen molar-refractivity contribution < 1.29 is 19.1 Å². The number of ether oxygens (including phenoxy) is 2. The van der Waals surface area contributed by atoms with Crippen LogP contribution in [0.5, 0.6) is 5.75 Å². The Kier molecular flexibility index (Phi) is 3.26. The lowest BCUT2D eigenvalue weighted by atomic mass is 9.72. The lowest BCUT2D eigenvalue weighted by molar-refractivity contribution is -0.123. The molecule has 4 heterocycles. The topological polar surface area (TPSA) is 67.9 Å². The number of benzene rings is 1. The summed E-state index contributed by atoms with van der Waals surface area (Å²) < 4.78 is 10.9. The minimum Gasteiger partial charge on any atom is -0.500 e. The summed E-state index contributed by atoms with van der Waals surface area (Å²) >= 11 is 0. The summed E-state index contributed by atoms with van der Waals surface area (Å²) in [6, 6.07) is 6.11. The molecule has 2 bridgehead atoms. The van der Waals surface area contributed by atoms with E-state index in [1.165, 1.54) is 0 Å². The van der Waals surface area contributed by atoms with Gasteiger partial charge in [-0.2, -0.15) is 0 Å². The summed E-state index contributed by atoms with van der Waals surface area (Å²) in [6.45, 7) is 0.599. The minimum absolute atomic E-state index is 0.0276. The molecule has 1 spiro atoms. The van der Waals surface area contributed by atoms with Gasteiger partial charge in [0, 0.05) is 36.7 Å². The maximum absolute atomic E-state index is 13.4. The molecular formula is C20H22N2O4. The number of likely N-dealkylation sites (N-methyl/N-ethyl adjacent to an activating group) is 1. The van der Waals surface area contributed by atoms with Gasteiger partial charge in [-0.15, -0.1) is 0 Å². The standard InChI is InChI=1S/C20H22N2O4/c1-22-17-5-12(25-2)3-4-15(17)20(19(22)24)7-16-14-10-26-9-11(8-23)13(14)6-18(20)21-16/h3-5,8-9,13-14,16,18,21H,6-7,10H2,1-2H3/t13-,14+,16-,18-,20-/m0/s1. The third kappa shape index (κ3) is 1.80. The van der Waals surface area contributed by atoms with Crippen molar-refractivity contribution in [1.82, 2.24) is 5.32 Å². The maximum Gasteiger partial charge on any atom is 0.239 e. The number of allylic oxidation sites excluding steroid dienone is 1. The number of nitrogens with one attached hydrogen (secondary N) is 1. The lowest BCUT2D eigenvalue weighted by Gasteiger charge is -2.40. The Balaban J connectivity index is 1.61. The van der Waals surface area contributed by atoms with E-state index in [1.807, 2.05) is 25.2 Å². The van der Waals surface area contributed by atoms with Gasteiger partial charge in [-0.1, -0.05) is 6.07 Å². The molecule has 0 aliphatic carbocycles. The van der Waals surface area contributed by atoms with Crippen LogP contribution in [0.25, 0.3) is 0 Å². The number of fused-ring (bicyclic) bond motifs is 7. The fraction of sp³-hybridized carbons (Fsp3) is 0.500. The molecule has 2 fully saturated rings. The van der Waals surface area contributed by atoms with E-state index in [1.54, 1.807) is 18.3 Å². The number of hydrogen-bond donors (Lipinski definition) is 1. The molecule has 2 saturated heterocycles. The zero-order chi connectivity index (χ0) is 18.1. The Hall–Kier alpha value is -2.34. The molecule has 5 atom stereocenters. The molecule has 5 rings (SSSR count). The molecule has 0 saturated carbocycles. The molecular weight excluding hydrogens is 332 g/mol. The van der Waals surface area contributed by atoms with Gasteiger partial charge in [0.15, 0.2) is 0 Å². The van der Waals surface area contributed by atoms with E-state index in [4.69, 9.17) is 9.47 Å². The van der Waals surface area contributed by atoms with Gasteiger partial charge in [-0.3, -0.25) is 9.59 Å². The van der Waals surface area contributed by atoms with Crippen LogP contribution < -0.4 is 15.0 Å². The monoisotopic (exact) mass is 354 g/mol. The van der Waals surface area contributed by atoms with Gasteiger partial charge < -0.3 is 19.7 Å². The number of amides is 1. The summed E-state index contributed by atoms with van der Waals surface area (Å²) in [4.78, 5) is 26.7. The number of carbonyl (C=O) groups excluding carboxylic acids is 2. The van der Waals surface area contributed by atoms with E-state index < -0.39 is 5.41 Å². The summed E-state index contributed by atoms with van der Waals surface area (Å²) in [5.74, 6) is 1.29. The second-order valence-corrected chi connectivity index (χ2v) is 7.82. The molecule has 6 heteroatoms. The lowest BCUT2D eigenvalue weighted by Crippen LogP contribution is -2.53. The molecule has 26 heavy (non-hydrogen) atoms. The van der Waals surface area contributed by atoms with Crippen LogP contribution in [0, 0.1) is 11.8 Å². The molecule has 4 aliphatic heterocycles. The van der Waals surface area contributed by atoms with Gasteiger partial charge in [0.1, 0.15) is 12.0 Å². The highest BCUT2D eigenvalue weighted by molar-refractivity contribution is 6.09. The highest BCUT2D eigenvalue weighted by atomic mass is 16.5. The van der Waals surface area contributed by atoms with Crippen molar-refractivity contribution in [2.24, 2.45) is 11.8 Å². The number of nitrogens with zero attached hydrogens (tertiary/aromatic N) is 1. The number of rotatable bonds is 2. The zero-order valence-electron chi connectivity index (χ0n) is 14.9. The summed E-state index contributed by atoms with van der Waals surface area (Å²) in [6.07, 6.45) is 4.04. The number of aldehydes is 1. The Morgan fingerprint density at radius 3 is 3.04 bits per heavy atom. The van der Waals surface area contributed by atoms with Crippen LogP contribution in [0.15, 0.2) is 30.0 Å². The smallest absolute Gasteiger partial charge is 0.239 e. The van der Waals surface area contributed by atoms with Gasteiger partial charge in [0.05, 0.1) is 31.1 Å². The summed E-state index contributed by atoms with van der Waals surface area (Å²) in [5.41, 5.74) is 2.16. The van der Waals surface area contributed by atoms with Gasteiger partial charge in [0.25, 0.3) is 0 Å². The average Bonchev–Trinajstić information content (AvgIpc) is 3.10. The third-order valence-electron chi connectivity index (χ3n) is 6.88. The molecule has 6 nitrogen and oxygen atoms in total. The molecule has 1 N–H and O–H groups in total. The van der Waals surface area contributed by atoms with E-state index in [0.717, 1.165) is 41.7 Å². The number of hydrogen-bond acceptors (Lipinski definition) is 5. The third-order valence-corrected chi connectivity index (χ3v) is 6.88. The van der Waals surface area contributed by atoms with Gasteiger partial charge in [-0.05, 0) is 30.4 Å². The SMILES string of the molecule is COc1ccc2c(c1)N(C)C(=O)[C@@]21C[C@@H]2N[C@H]1C[C@H]1C(C=O)=COC[C@@H]21. The number of piperidine rings is 1. The van der Waals surface area contributed by atoms with E-state index in [9.17, 15) is 9.59 Å². The first-order chi connectivity index (χ1) is 12.6. The molecule has 0 aromatic heterocycles. The van der Waals surface area contributed by atoms with Crippen LogP contribution in [0.2, 0.25) is 0 Å². The largest absolute Gasteiger partial charge is 0.500 e. The molecule has 4 aliphatic rings. The second kappa shape index (κ2) is 5.33. The van der Waals surface area contributed by atoms with Crippen molar-refractivity contribution in [2.45, 2.75) is 30.3 Å². The van der Waals surface area contributed by atoms with Crippen molar-refractivity contribution in [1.29, 1.82) is 0 Å². The first-order valence-electron chi connectivity index (χ1n) is 9.09. The fourth-order valence-electron chi connectivity index (χ4n) is 5.63. The van der Waals surface area contributed by atoms with Gasteiger partial charge in [-0.25, -0.2) is 0 Å². The van der Waals surface area contributed by atoms with Crippen LogP contribution in [-0.2, 0) is 19.7 Å². The van der Waals surface area contributed by atoms with Crippen molar-refractivity contribution in [3.63, 3.8) is 0 Å². The second-order valence-electron chi connectivity index (χ2n) is 7.82. The van der Waals surface area contributed by atoms with Crippen molar-refractivity contribution >= 4 is 17.9 Å². The van der Waals surface area contributed by atoms with E-state index in [-0.39, 0.29) is 29.8 Å². The van der Waals surface area contributed by atoms with Crippen LogP contribution >= 0.6 is 0 Å². The highest BCUT2D eigenvalue weighted by Gasteiger charge is 2.63. The van der Waals surface area contributed by atoms with Crippen LogP contribution in [0.1, 0.15) is 18.4 Å². The minimum atomic E-state index is -0.563. The molecule has 0 unspecified atom stereocenters. The van der Waals surface area contributed by atoms with Gasteiger partial charge in [0.2, 0.25) is 5.91 Å². The summed E-state index contributed by atoms with van der Waals surface area (Å²) in [5, 5.41) is 3.69. The van der Waals surface area contributed by atoms with Crippen molar-refractivity contribution in [2.75, 3.05) is 25.7 Å². The molecule has 136 valence electrons. The molecule has 1 aromatic carbocycles. The predicted molar refractivity (Wildman–Crippen MR) is 95.1 cm³/mol. The van der Waals surface area contributed by atoms with Crippen LogP contribution in [0.3, 0.4) is 0 Å². The first kappa shape index (κ1) is 15.9. The van der Waals surface area contributed by atoms with Crippen molar-refractivity contribution in [3.05, 3.63) is 35.6 Å². The van der Waals surface area contributed by atoms with Gasteiger partial charge >= 0.3 is 0 Å². The normalized spacial score (nSPS) is 37.1. The fourth-order valence-corrected chi connectivity index (χ4v) is 5.63. The van der Waals surface area contributed by atoms with Crippen LogP contribution in [0.4, 0.5) is 5.69 Å². The number of carbonyl (C=O) groups is 2. The predicted octanol–water partition coefficient (Wildman–Crippen LogP) is 1.39. The van der Waals surface area contributed by atoms with E-state index in [0.29, 0.717) is 6.61 Å². The highest BCUT2D eigenvalue weighted by Crippen LogP contribution is 2.56. The Morgan fingerprint density at radius 2 is 2.27 bits per heavy atom. The molecule has 0 radical (unpaired) electrons. The Morgan fingerprint density at radius 1 is 1.42 bits per heavy atom. The Labute approximate surface area is 152 Å². The first-order valence-corrected chi connectivity index (χ1v) is 9.09. The van der Waals surface area contributed by atoms with E-state index in [2.05, 4.69) is 5.32 Å². The van der Waals surface area contributed by atoms with Crippen LogP contribution in [-0.4, -0.2) is 45.0 Å². The number of anilines is 1. The maximum atomic E-state index is 13.4. The number of methoxy groups -OCH3 is 1. The molecule has 1 aromatic rings. The van der Waals surface area contributed by atoms with Crippen molar-refractivity contribution in [3.8, 4) is 5.75 Å². The average molecular weight is 354 g/mol. The quantitative estimate of drug-likeness (QED) is 0.813. The molecule has 1 amide bonds. The zero-order valence-corrected chi connectivity index (χ0v) is 14.9. The van der Waals surface area contributed by atoms with E-state index >= 15 is 0 Å². The summed E-state index contributed by atoms with van der Waals surface area (Å²) in [7, 11) is 3.47. The Bertz CT molecular complexity index is 835.